The maximum Gasteiger partial charge on any atom is 0.148 e. The van der Waals surface area contributed by atoms with E-state index in [9.17, 15) is 4.79 Å². The van der Waals surface area contributed by atoms with Crippen LogP contribution in [0.5, 0.6) is 0 Å². The van der Waals surface area contributed by atoms with Gasteiger partial charge in [0.1, 0.15) is 5.78 Å². The molecule has 1 saturated heterocycles. The SMILES string of the molecule is O=C(CSc1ccccn1)C1CCOC1. The van der Waals surface area contributed by atoms with Crippen molar-refractivity contribution in [3.8, 4) is 0 Å². The zero-order chi connectivity index (χ0) is 10.5. The van der Waals surface area contributed by atoms with Crippen molar-refractivity contribution >= 4 is 17.5 Å². The Morgan fingerprint density at radius 1 is 1.60 bits per heavy atom. The van der Waals surface area contributed by atoms with E-state index in [-0.39, 0.29) is 11.7 Å². The number of hydrogen-bond acceptors (Lipinski definition) is 4. The molecule has 3 nitrogen and oxygen atoms in total. The monoisotopic (exact) mass is 223 g/mol. The van der Waals surface area contributed by atoms with Crippen LogP contribution in [0.1, 0.15) is 6.42 Å². The van der Waals surface area contributed by atoms with Crippen molar-refractivity contribution in [1.82, 2.24) is 4.98 Å². The molecule has 1 aliphatic heterocycles. The molecule has 0 N–H and O–H groups in total. The highest BCUT2D eigenvalue weighted by molar-refractivity contribution is 7.99. The first kappa shape index (κ1) is 10.6. The Bertz CT molecular complexity index is 323. The number of hydrogen-bond donors (Lipinski definition) is 0. The van der Waals surface area contributed by atoms with Crippen LogP contribution in [0.2, 0.25) is 0 Å². The van der Waals surface area contributed by atoms with Gasteiger partial charge in [-0.2, -0.15) is 0 Å². The van der Waals surface area contributed by atoms with Gasteiger partial charge in [-0.1, -0.05) is 17.8 Å². The zero-order valence-corrected chi connectivity index (χ0v) is 9.20. The van der Waals surface area contributed by atoms with E-state index in [2.05, 4.69) is 4.98 Å². The number of nitrogens with zero attached hydrogens (tertiary/aromatic N) is 1. The molecule has 0 amide bonds. The lowest BCUT2D eigenvalue weighted by atomic mass is 10.1. The van der Waals surface area contributed by atoms with Gasteiger partial charge in [0.05, 0.1) is 17.4 Å². The predicted octanol–water partition coefficient (Wildman–Crippen LogP) is 1.78. The molecule has 2 rings (SSSR count). The van der Waals surface area contributed by atoms with Crippen molar-refractivity contribution < 1.29 is 9.53 Å². The Morgan fingerprint density at radius 3 is 3.20 bits per heavy atom. The molecule has 4 heteroatoms. The molecule has 0 bridgehead atoms. The van der Waals surface area contributed by atoms with Gasteiger partial charge < -0.3 is 4.74 Å². The van der Waals surface area contributed by atoms with E-state index < -0.39 is 0 Å². The van der Waals surface area contributed by atoms with Crippen LogP contribution in [0, 0.1) is 5.92 Å². The topological polar surface area (TPSA) is 39.2 Å². The van der Waals surface area contributed by atoms with E-state index in [0.29, 0.717) is 12.4 Å². The third-order valence-electron chi connectivity index (χ3n) is 2.39. The number of pyridine rings is 1. The minimum absolute atomic E-state index is 0.112. The van der Waals surface area contributed by atoms with Crippen LogP contribution in [0.3, 0.4) is 0 Å². The first-order chi connectivity index (χ1) is 7.36. The molecule has 80 valence electrons. The van der Waals surface area contributed by atoms with Gasteiger partial charge in [-0.15, -0.1) is 0 Å². The second-order valence-electron chi connectivity index (χ2n) is 3.48. The quantitative estimate of drug-likeness (QED) is 0.729. The van der Waals surface area contributed by atoms with Crippen molar-refractivity contribution in [3.05, 3.63) is 24.4 Å². The summed E-state index contributed by atoms with van der Waals surface area (Å²) >= 11 is 1.50. The van der Waals surface area contributed by atoms with Gasteiger partial charge >= 0.3 is 0 Å². The second kappa shape index (κ2) is 5.28. The number of aromatic nitrogens is 1. The lowest BCUT2D eigenvalue weighted by Crippen LogP contribution is -2.16. The Kier molecular flexibility index (Phi) is 3.75. The number of carbonyl (C=O) groups excluding carboxylic acids is 1. The van der Waals surface area contributed by atoms with Gasteiger partial charge in [-0.3, -0.25) is 4.79 Å². The standard InChI is InChI=1S/C11H13NO2S/c13-10(9-4-6-14-7-9)8-15-11-3-1-2-5-12-11/h1-3,5,9H,4,6-8H2. The second-order valence-corrected chi connectivity index (χ2v) is 4.48. The number of Topliss-reactive ketones (excluding diaryl/α,β-unsaturated/α-hetero) is 1. The van der Waals surface area contributed by atoms with Crippen molar-refractivity contribution in [2.75, 3.05) is 19.0 Å². The minimum Gasteiger partial charge on any atom is -0.381 e. The van der Waals surface area contributed by atoms with E-state index in [1.165, 1.54) is 11.8 Å². The number of carbonyl (C=O) groups is 1. The highest BCUT2D eigenvalue weighted by atomic mass is 32.2. The number of ketones is 1. The molecule has 15 heavy (non-hydrogen) atoms. The Labute approximate surface area is 93.2 Å². The average molecular weight is 223 g/mol. The van der Waals surface area contributed by atoms with Crippen LogP contribution in [0.15, 0.2) is 29.4 Å². The van der Waals surface area contributed by atoms with E-state index >= 15 is 0 Å². The minimum atomic E-state index is 0.112. The maximum absolute atomic E-state index is 11.7. The van der Waals surface area contributed by atoms with Gasteiger partial charge in [0, 0.05) is 18.7 Å². The number of rotatable bonds is 4. The van der Waals surface area contributed by atoms with E-state index in [4.69, 9.17) is 4.74 Å². The molecule has 0 saturated carbocycles. The Hall–Kier alpha value is -0.870. The molecule has 1 atom stereocenters. The first-order valence-corrected chi connectivity index (χ1v) is 5.99. The largest absolute Gasteiger partial charge is 0.381 e. The molecule has 1 unspecified atom stereocenters. The van der Waals surface area contributed by atoms with Crippen molar-refractivity contribution in [2.45, 2.75) is 11.4 Å². The predicted molar refractivity (Wildman–Crippen MR) is 58.9 cm³/mol. The van der Waals surface area contributed by atoms with Gasteiger partial charge in [0.15, 0.2) is 0 Å². The lowest BCUT2D eigenvalue weighted by molar-refractivity contribution is -0.120. The normalized spacial score (nSPS) is 20.4. The molecular formula is C11H13NO2S. The summed E-state index contributed by atoms with van der Waals surface area (Å²) in [5, 5.41) is 0.907. The number of ether oxygens (including phenoxy) is 1. The lowest BCUT2D eigenvalue weighted by Gasteiger charge is -2.05. The molecule has 0 aromatic carbocycles. The molecule has 1 fully saturated rings. The van der Waals surface area contributed by atoms with Crippen molar-refractivity contribution in [2.24, 2.45) is 5.92 Å². The van der Waals surface area contributed by atoms with Crippen LogP contribution < -0.4 is 0 Å². The summed E-state index contributed by atoms with van der Waals surface area (Å²) < 4.78 is 5.18. The van der Waals surface area contributed by atoms with Gasteiger partial charge in [0.2, 0.25) is 0 Å². The molecule has 0 aliphatic carbocycles. The van der Waals surface area contributed by atoms with Crippen LogP contribution >= 0.6 is 11.8 Å². The Balaban J connectivity index is 1.80. The summed E-state index contributed by atoms with van der Waals surface area (Å²) in [7, 11) is 0. The summed E-state index contributed by atoms with van der Waals surface area (Å²) in [6, 6.07) is 5.72. The first-order valence-electron chi connectivity index (χ1n) is 5.00. The molecule has 1 aromatic heterocycles. The van der Waals surface area contributed by atoms with Crippen molar-refractivity contribution in [3.63, 3.8) is 0 Å². The fourth-order valence-electron chi connectivity index (χ4n) is 1.48. The van der Waals surface area contributed by atoms with Crippen LogP contribution in [-0.2, 0) is 9.53 Å². The number of thioether (sulfide) groups is 1. The fourth-order valence-corrected chi connectivity index (χ4v) is 2.32. The molecule has 1 aromatic rings. The van der Waals surface area contributed by atoms with Crippen molar-refractivity contribution in [1.29, 1.82) is 0 Å². The zero-order valence-electron chi connectivity index (χ0n) is 8.39. The van der Waals surface area contributed by atoms with Gasteiger partial charge in [0.25, 0.3) is 0 Å². The summed E-state index contributed by atoms with van der Waals surface area (Å²) in [5.74, 6) is 0.898. The van der Waals surface area contributed by atoms with Gasteiger partial charge in [-0.25, -0.2) is 4.98 Å². The van der Waals surface area contributed by atoms with E-state index in [1.54, 1.807) is 6.20 Å². The molecule has 0 spiro atoms. The van der Waals surface area contributed by atoms with E-state index in [1.807, 2.05) is 18.2 Å². The third kappa shape index (κ3) is 3.04. The average Bonchev–Trinajstić information content (AvgIpc) is 2.81. The van der Waals surface area contributed by atoms with Crippen LogP contribution in [0.25, 0.3) is 0 Å². The highest BCUT2D eigenvalue weighted by Crippen LogP contribution is 2.19. The van der Waals surface area contributed by atoms with Gasteiger partial charge in [-0.05, 0) is 18.6 Å². The van der Waals surface area contributed by atoms with Crippen LogP contribution in [-0.4, -0.2) is 29.7 Å². The Morgan fingerprint density at radius 2 is 2.53 bits per heavy atom. The maximum atomic E-state index is 11.7. The summed E-state index contributed by atoms with van der Waals surface area (Å²) in [4.78, 5) is 15.8. The third-order valence-corrected chi connectivity index (χ3v) is 3.35. The molecule has 1 aliphatic rings. The molecule has 0 radical (unpaired) electrons. The van der Waals surface area contributed by atoms with E-state index in [0.717, 1.165) is 18.1 Å². The fraction of sp³-hybridized carbons (Fsp3) is 0.455. The highest BCUT2D eigenvalue weighted by Gasteiger charge is 2.23. The van der Waals surface area contributed by atoms with Crippen LogP contribution in [0.4, 0.5) is 0 Å². The summed E-state index contributed by atoms with van der Waals surface area (Å²) in [6.07, 6.45) is 2.62. The smallest absolute Gasteiger partial charge is 0.148 e. The molecular weight excluding hydrogens is 210 g/mol. The summed E-state index contributed by atoms with van der Waals surface area (Å²) in [6.45, 7) is 1.33. The summed E-state index contributed by atoms with van der Waals surface area (Å²) in [5.41, 5.74) is 0. The molecule has 2 heterocycles.